The second-order valence-corrected chi connectivity index (χ2v) is 6.35. The lowest BCUT2D eigenvalue weighted by atomic mass is 10.2. The molecule has 6 heteroatoms. The average molecular weight is 333 g/mol. The van der Waals surface area contributed by atoms with Gasteiger partial charge in [-0.25, -0.2) is 9.78 Å². The van der Waals surface area contributed by atoms with Crippen molar-refractivity contribution in [2.75, 3.05) is 0 Å². The molecule has 0 amide bonds. The van der Waals surface area contributed by atoms with Crippen LogP contribution < -0.4 is 4.74 Å². The molecule has 0 aliphatic rings. The van der Waals surface area contributed by atoms with Gasteiger partial charge in [-0.05, 0) is 43.7 Å². The van der Waals surface area contributed by atoms with Gasteiger partial charge in [-0.1, -0.05) is 11.6 Å². The molecule has 0 unspecified atom stereocenters. The SMILES string of the molecule is Cc1nc(-c2c[nH]c(C(=O)Oc3ccc(Cl)cc3C)c2)cs1. The zero-order chi connectivity index (χ0) is 15.7. The van der Waals surface area contributed by atoms with Crippen molar-refractivity contribution in [1.29, 1.82) is 0 Å². The standard InChI is InChI=1S/C16H13ClN2O2S/c1-9-5-12(17)3-4-15(9)21-16(20)13-6-11(7-18-13)14-8-22-10(2)19-14/h3-8,18H,1-2H3. The van der Waals surface area contributed by atoms with Crippen LogP contribution in [0.1, 0.15) is 21.1 Å². The lowest BCUT2D eigenvalue weighted by Crippen LogP contribution is -2.09. The number of thiazole rings is 1. The van der Waals surface area contributed by atoms with E-state index in [1.807, 2.05) is 19.2 Å². The lowest BCUT2D eigenvalue weighted by molar-refractivity contribution is 0.0728. The maximum absolute atomic E-state index is 12.2. The van der Waals surface area contributed by atoms with Gasteiger partial charge < -0.3 is 9.72 Å². The van der Waals surface area contributed by atoms with E-state index < -0.39 is 5.97 Å². The van der Waals surface area contributed by atoms with E-state index in [-0.39, 0.29) is 0 Å². The summed E-state index contributed by atoms with van der Waals surface area (Å²) in [6, 6.07) is 6.86. The van der Waals surface area contributed by atoms with Crippen molar-refractivity contribution in [1.82, 2.24) is 9.97 Å². The van der Waals surface area contributed by atoms with Crippen LogP contribution in [-0.2, 0) is 0 Å². The first-order chi connectivity index (χ1) is 10.5. The highest BCUT2D eigenvalue weighted by Gasteiger charge is 2.14. The Bertz CT molecular complexity index is 838. The van der Waals surface area contributed by atoms with E-state index in [4.69, 9.17) is 16.3 Å². The molecule has 0 bridgehead atoms. The minimum absolute atomic E-state index is 0.384. The van der Waals surface area contributed by atoms with Crippen LogP contribution in [0, 0.1) is 13.8 Å². The van der Waals surface area contributed by atoms with Crippen LogP contribution in [-0.4, -0.2) is 15.9 Å². The van der Waals surface area contributed by atoms with Crippen LogP contribution in [0.15, 0.2) is 35.8 Å². The molecule has 1 N–H and O–H groups in total. The largest absolute Gasteiger partial charge is 0.422 e. The van der Waals surface area contributed by atoms with Crippen LogP contribution in [0.2, 0.25) is 5.02 Å². The van der Waals surface area contributed by atoms with Crippen molar-refractivity contribution in [3.05, 3.63) is 57.1 Å². The first-order valence-corrected chi connectivity index (χ1v) is 7.88. The number of hydrogen-bond donors (Lipinski definition) is 1. The third kappa shape index (κ3) is 3.05. The van der Waals surface area contributed by atoms with Gasteiger partial charge >= 0.3 is 5.97 Å². The number of carbonyl (C=O) groups is 1. The third-order valence-corrected chi connectivity index (χ3v) is 4.17. The predicted octanol–water partition coefficient (Wildman–Crippen LogP) is 4.63. The van der Waals surface area contributed by atoms with Crippen LogP contribution in [0.5, 0.6) is 5.75 Å². The molecule has 1 aromatic carbocycles. The monoisotopic (exact) mass is 332 g/mol. The second-order valence-electron chi connectivity index (χ2n) is 4.85. The smallest absolute Gasteiger partial charge is 0.360 e. The molecule has 2 heterocycles. The molecular weight excluding hydrogens is 320 g/mol. The maximum atomic E-state index is 12.2. The highest BCUT2D eigenvalue weighted by atomic mass is 35.5. The zero-order valence-corrected chi connectivity index (χ0v) is 13.6. The average Bonchev–Trinajstić information content (AvgIpc) is 3.10. The second kappa shape index (κ2) is 5.94. The van der Waals surface area contributed by atoms with Crippen molar-refractivity contribution < 1.29 is 9.53 Å². The summed E-state index contributed by atoms with van der Waals surface area (Å²) in [7, 11) is 0. The van der Waals surface area contributed by atoms with Gasteiger partial charge in [0.15, 0.2) is 0 Å². The Labute approximate surface area is 136 Å². The number of rotatable bonds is 3. The topological polar surface area (TPSA) is 55.0 Å². The Morgan fingerprint density at radius 3 is 2.82 bits per heavy atom. The number of halogens is 1. The Balaban J connectivity index is 1.79. The van der Waals surface area contributed by atoms with Gasteiger partial charge in [0.2, 0.25) is 0 Å². The minimum Gasteiger partial charge on any atom is -0.422 e. The lowest BCUT2D eigenvalue weighted by Gasteiger charge is -2.06. The molecule has 2 aromatic heterocycles. The molecular formula is C16H13ClN2O2S. The van der Waals surface area contributed by atoms with Gasteiger partial charge in [0.1, 0.15) is 11.4 Å². The molecule has 0 spiro atoms. The maximum Gasteiger partial charge on any atom is 0.360 e. The summed E-state index contributed by atoms with van der Waals surface area (Å²) >= 11 is 7.46. The summed E-state index contributed by atoms with van der Waals surface area (Å²) < 4.78 is 5.39. The fourth-order valence-electron chi connectivity index (χ4n) is 2.04. The van der Waals surface area contributed by atoms with Crippen molar-refractivity contribution >= 4 is 28.9 Å². The molecule has 22 heavy (non-hydrogen) atoms. The highest BCUT2D eigenvalue weighted by Crippen LogP contribution is 2.25. The predicted molar refractivity (Wildman–Crippen MR) is 87.8 cm³/mol. The molecule has 0 aliphatic heterocycles. The van der Waals surface area contributed by atoms with E-state index in [1.165, 1.54) is 0 Å². The fraction of sp³-hybridized carbons (Fsp3) is 0.125. The fourth-order valence-corrected chi connectivity index (χ4v) is 2.89. The Kier molecular flexibility index (Phi) is 4.00. The van der Waals surface area contributed by atoms with E-state index in [0.717, 1.165) is 21.8 Å². The van der Waals surface area contributed by atoms with Crippen LogP contribution >= 0.6 is 22.9 Å². The molecule has 0 fully saturated rings. The number of nitrogens with zero attached hydrogens (tertiary/aromatic N) is 1. The first-order valence-electron chi connectivity index (χ1n) is 6.62. The number of benzene rings is 1. The normalized spacial score (nSPS) is 10.7. The van der Waals surface area contributed by atoms with Gasteiger partial charge in [0, 0.05) is 22.2 Å². The summed E-state index contributed by atoms with van der Waals surface area (Å²) in [6.45, 7) is 3.78. The molecule has 112 valence electrons. The minimum atomic E-state index is -0.441. The Hall–Kier alpha value is -2.11. The number of aromatic amines is 1. The zero-order valence-electron chi connectivity index (χ0n) is 12.0. The number of hydrogen-bond acceptors (Lipinski definition) is 4. The molecule has 0 saturated heterocycles. The molecule has 3 rings (SSSR count). The van der Waals surface area contributed by atoms with Crippen LogP contribution in [0.3, 0.4) is 0 Å². The van der Waals surface area contributed by atoms with Crippen molar-refractivity contribution in [2.45, 2.75) is 13.8 Å². The number of nitrogens with one attached hydrogen (secondary N) is 1. The van der Waals surface area contributed by atoms with E-state index in [1.54, 1.807) is 41.8 Å². The third-order valence-electron chi connectivity index (χ3n) is 3.16. The van der Waals surface area contributed by atoms with E-state index in [9.17, 15) is 4.79 Å². The van der Waals surface area contributed by atoms with Crippen molar-refractivity contribution in [3.8, 4) is 17.0 Å². The molecule has 0 radical (unpaired) electrons. The summed E-state index contributed by atoms with van der Waals surface area (Å²) in [6.07, 6.45) is 1.75. The molecule has 0 atom stereocenters. The van der Waals surface area contributed by atoms with Crippen molar-refractivity contribution in [3.63, 3.8) is 0 Å². The molecule has 4 nitrogen and oxygen atoms in total. The van der Waals surface area contributed by atoms with E-state index >= 15 is 0 Å². The van der Waals surface area contributed by atoms with Gasteiger partial charge in [0.25, 0.3) is 0 Å². The van der Waals surface area contributed by atoms with Crippen molar-refractivity contribution in [2.24, 2.45) is 0 Å². The van der Waals surface area contributed by atoms with E-state index in [0.29, 0.717) is 16.5 Å². The molecule has 3 aromatic rings. The van der Waals surface area contributed by atoms with Crippen LogP contribution in [0.25, 0.3) is 11.3 Å². The Morgan fingerprint density at radius 2 is 2.14 bits per heavy atom. The number of H-pyrrole nitrogens is 1. The molecule has 0 saturated carbocycles. The van der Waals surface area contributed by atoms with E-state index in [2.05, 4.69) is 9.97 Å². The molecule has 0 aliphatic carbocycles. The first kappa shape index (κ1) is 14.8. The van der Waals surface area contributed by atoms with Gasteiger partial charge in [0.05, 0.1) is 10.7 Å². The summed E-state index contributed by atoms with van der Waals surface area (Å²) in [4.78, 5) is 19.5. The highest BCUT2D eigenvalue weighted by molar-refractivity contribution is 7.09. The number of aryl methyl sites for hydroxylation is 2. The van der Waals surface area contributed by atoms with Gasteiger partial charge in [-0.15, -0.1) is 11.3 Å². The number of aromatic nitrogens is 2. The van der Waals surface area contributed by atoms with Gasteiger partial charge in [-0.2, -0.15) is 0 Å². The van der Waals surface area contributed by atoms with Gasteiger partial charge in [-0.3, -0.25) is 0 Å². The summed E-state index contributed by atoms with van der Waals surface area (Å²) in [5.74, 6) is 0.0543. The number of ether oxygens (including phenoxy) is 1. The number of carbonyl (C=O) groups excluding carboxylic acids is 1. The summed E-state index contributed by atoms with van der Waals surface area (Å²) in [5.41, 5.74) is 2.90. The number of esters is 1. The summed E-state index contributed by atoms with van der Waals surface area (Å²) in [5, 5.41) is 3.55. The Morgan fingerprint density at radius 1 is 1.32 bits per heavy atom. The quantitative estimate of drug-likeness (QED) is 0.562. The van der Waals surface area contributed by atoms with Crippen LogP contribution in [0.4, 0.5) is 0 Å².